The van der Waals surface area contributed by atoms with E-state index >= 15 is 0 Å². The van der Waals surface area contributed by atoms with Gasteiger partial charge in [0.05, 0.1) is 11.2 Å². The molecule has 3 heteroatoms. The fraction of sp³-hybridized carbons (Fsp3) is 0.500. The Morgan fingerprint density at radius 1 is 1.27 bits per heavy atom. The van der Waals surface area contributed by atoms with Crippen molar-refractivity contribution in [2.75, 3.05) is 0 Å². The van der Waals surface area contributed by atoms with Gasteiger partial charge in [-0.1, -0.05) is 36.9 Å². The molecule has 0 spiro atoms. The molecule has 0 atom stereocenters. The Hall–Kier alpha value is -0.795. The zero-order valence-electron chi connectivity index (χ0n) is 10.1. The summed E-state index contributed by atoms with van der Waals surface area (Å²) >= 11 is 0. The fourth-order valence-corrected chi connectivity index (χ4v) is 0.651. The summed E-state index contributed by atoms with van der Waals surface area (Å²) in [5.74, 6) is 0. The van der Waals surface area contributed by atoms with Crippen LogP contribution in [-0.4, -0.2) is 23.8 Å². The van der Waals surface area contributed by atoms with Gasteiger partial charge in [0.1, 0.15) is 0 Å². The molecule has 0 fully saturated rings. The van der Waals surface area contributed by atoms with Crippen LogP contribution in [0, 0.1) is 0 Å². The molecule has 83 valence electrons. The molecule has 15 heavy (non-hydrogen) atoms. The van der Waals surface area contributed by atoms with Gasteiger partial charge in [-0.2, -0.15) is 0 Å². The van der Waals surface area contributed by atoms with Crippen LogP contribution in [0.3, 0.4) is 0 Å². The third-order valence-corrected chi connectivity index (χ3v) is 2.51. The third kappa shape index (κ3) is 4.49. The van der Waals surface area contributed by atoms with Gasteiger partial charge in [0.25, 0.3) is 0 Å². The summed E-state index contributed by atoms with van der Waals surface area (Å²) in [5, 5.41) is 9.85. The molecule has 0 bridgehead atoms. The van der Waals surface area contributed by atoms with Crippen molar-refractivity contribution < 1.29 is 9.76 Å². The fourth-order valence-electron chi connectivity index (χ4n) is 0.651. The molecule has 2 nitrogen and oxygen atoms in total. The Kier molecular flexibility index (Phi) is 5.05. The first-order valence-electron chi connectivity index (χ1n) is 4.93. The van der Waals surface area contributed by atoms with Crippen LogP contribution in [-0.2, 0) is 4.65 Å². The largest absolute Gasteiger partial charge is 0.427 e. The van der Waals surface area contributed by atoms with E-state index in [1.807, 2.05) is 13.8 Å². The van der Waals surface area contributed by atoms with E-state index in [2.05, 4.69) is 13.2 Å². The molecule has 0 aliphatic carbocycles. The predicted molar refractivity (Wildman–Crippen MR) is 65.7 cm³/mol. The van der Waals surface area contributed by atoms with Gasteiger partial charge in [-0.3, -0.25) is 0 Å². The van der Waals surface area contributed by atoms with Crippen LogP contribution >= 0.6 is 0 Å². The van der Waals surface area contributed by atoms with Crippen molar-refractivity contribution in [3.63, 3.8) is 0 Å². The molecule has 0 aromatic heterocycles. The standard InChI is InChI=1S/C12H20BO2/c1-7-9-10(8-2)13-15-12(5,6)11(3,4)14/h7-9,14H,1-2H2,3-6H3. The summed E-state index contributed by atoms with van der Waals surface area (Å²) in [6.45, 7) is 14.3. The lowest BCUT2D eigenvalue weighted by Crippen LogP contribution is -2.48. The average molecular weight is 207 g/mol. The second-order valence-electron chi connectivity index (χ2n) is 4.41. The topological polar surface area (TPSA) is 29.5 Å². The highest BCUT2D eigenvalue weighted by molar-refractivity contribution is 6.39. The van der Waals surface area contributed by atoms with Crippen LogP contribution in [0.2, 0.25) is 0 Å². The minimum absolute atomic E-state index is 0.656. The first-order valence-corrected chi connectivity index (χ1v) is 4.93. The van der Waals surface area contributed by atoms with Crippen LogP contribution in [0.25, 0.3) is 0 Å². The number of allylic oxidation sites excluding steroid dienone is 4. The van der Waals surface area contributed by atoms with E-state index < -0.39 is 11.2 Å². The van der Waals surface area contributed by atoms with Gasteiger partial charge in [-0.05, 0) is 27.7 Å². The number of hydrogen-bond acceptors (Lipinski definition) is 2. The molecule has 1 radical (unpaired) electrons. The maximum atomic E-state index is 9.85. The lowest BCUT2D eigenvalue weighted by molar-refractivity contribution is -0.0896. The minimum atomic E-state index is -0.913. The molecule has 0 saturated carbocycles. The molecular weight excluding hydrogens is 187 g/mol. The third-order valence-electron chi connectivity index (χ3n) is 2.51. The van der Waals surface area contributed by atoms with Gasteiger partial charge in [0.2, 0.25) is 0 Å². The second kappa shape index (κ2) is 5.33. The molecule has 0 aromatic rings. The van der Waals surface area contributed by atoms with Crippen molar-refractivity contribution in [3.05, 3.63) is 36.9 Å². The zero-order chi connectivity index (χ0) is 12.1. The van der Waals surface area contributed by atoms with Crippen molar-refractivity contribution in [1.82, 2.24) is 0 Å². The average Bonchev–Trinajstić information content (AvgIpc) is 2.10. The Balaban J connectivity index is 4.44. The minimum Gasteiger partial charge on any atom is -0.427 e. The zero-order valence-corrected chi connectivity index (χ0v) is 10.1. The highest BCUT2D eigenvalue weighted by Crippen LogP contribution is 2.24. The molecule has 0 saturated heterocycles. The molecule has 0 aromatic carbocycles. The quantitative estimate of drug-likeness (QED) is 0.535. The van der Waals surface area contributed by atoms with Crippen LogP contribution in [0.15, 0.2) is 36.9 Å². The molecule has 0 rings (SSSR count). The summed E-state index contributed by atoms with van der Waals surface area (Å²) in [5.41, 5.74) is -0.748. The smallest absolute Gasteiger partial charge is 0.330 e. The highest BCUT2D eigenvalue weighted by atomic mass is 16.5. The van der Waals surface area contributed by atoms with E-state index in [1.165, 1.54) is 0 Å². The number of rotatable bonds is 6. The van der Waals surface area contributed by atoms with E-state index in [4.69, 9.17) is 4.65 Å². The number of hydrogen-bond donors (Lipinski definition) is 1. The molecule has 1 N–H and O–H groups in total. The predicted octanol–water partition coefficient (Wildman–Crippen LogP) is 2.43. The molecule has 0 heterocycles. The summed E-state index contributed by atoms with van der Waals surface area (Å²) < 4.78 is 5.54. The summed E-state index contributed by atoms with van der Waals surface area (Å²) in [6, 6.07) is 0. The second-order valence-corrected chi connectivity index (χ2v) is 4.41. The van der Waals surface area contributed by atoms with E-state index in [9.17, 15) is 5.11 Å². The van der Waals surface area contributed by atoms with Gasteiger partial charge >= 0.3 is 7.48 Å². The van der Waals surface area contributed by atoms with Crippen LogP contribution < -0.4 is 0 Å². The van der Waals surface area contributed by atoms with Crippen molar-refractivity contribution >= 4 is 7.48 Å². The maximum Gasteiger partial charge on any atom is 0.330 e. The van der Waals surface area contributed by atoms with Crippen molar-refractivity contribution in [3.8, 4) is 0 Å². The Morgan fingerprint density at radius 3 is 2.13 bits per heavy atom. The first-order chi connectivity index (χ1) is 6.74. The molecular formula is C12H20BO2. The highest BCUT2D eigenvalue weighted by Gasteiger charge is 2.35. The van der Waals surface area contributed by atoms with Gasteiger partial charge in [-0.15, -0.1) is 0 Å². The van der Waals surface area contributed by atoms with E-state index in [0.29, 0.717) is 0 Å². The number of aliphatic hydroxyl groups is 1. The van der Waals surface area contributed by atoms with Gasteiger partial charge in [-0.25, -0.2) is 0 Å². The van der Waals surface area contributed by atoms with E-state index in [0.717, 1.165) is 5.47 Å². The van der Waals surface area contributed by atoms with Gasteiger partial charge in [0, 0.05) is 0 Å². The normalized spacial score (nSPS) is 13.5. The molecule has 0 aliphatic heterocycles. The van der Waals surface area contributed by atoms with Gasteiger partial charge in [0.15, 0.2) is 0 Å². The van der Waals surface area contributed by atoms with Crippen LogP contribution in [0.1, 0.15) is 27.7 Å². The molecule has 0 aliphatic rings. The Bertz CT molecular complexity index is 259. The van der Waals surface area contributed by atoms with E-state index in [1.54, 1.807) is 39.6 Å². The van der Waals surface area contributed by atoms with Crippen molar-refractivity contribution in [2.45, 2.75) is 38.9 Å². The first kappa shape index (κ1) is 14.2. The summed E-state index contributed by atoms with van der Waals surface area (Å²) in [7, 11) is 1.58. The van der Waals surface area contributed by atoms with Crippen molar-refractivity contribution in [1.29, 1.82) is 0 Å². The molecule has 0 amide bonds. The SMILES string of the molecule is C=CC=C([B]OC(C)(C)C(C)(C)O)C=C. The lowest BCUT2D eigenvalue weighted by atomic mass is 9.82. The summed E-state index contributed by atoms with van der Waals surface area (Å²) in [4.78, 5) is 0. The maximum absolute atomic E-state index is 9.85. The molecule has 0 unspecified atom stereocenters. The van der Waals surface area contributed by atoms with Crippen LogP contribution in [0.4, 0.5) is 0 Å². The van der Waals surface area contributed by atoms with Crippen LogP contribution in [0.5, 0.6) is 0 Å². The monoisotopic (exact) mass is 207 g/mol. The Labute approximate surface area is 93.6 Å². The van der Waals surface area contributed by atoms with Crippen molar-refractivity contribution in [2.24, 2.45) is 0 Å². The van der Waals surface area contributed by atoms with Gasteiger partial charge < -0.3 is 9.76 Å². The van der Waals surface area contributed by atoms with E-state index in [-0.39, 0.29) is 0 Å². The summed E-state index contributed by atoms with van der Waals surface area (Å²) in [6.07, 6.45) is 5.11. The Morgan fingerprint density at radius 2 is 1.80 bits per heavy atom. The lowest BCUT2D eigenvalue weighted by Gasteiger charge is -2.37.